The van der Waals surface area contributed by atoms with Crippen LogP contribution in [0.4, 0.5) is 0 Å². The van der Waals surface area contributed by atoms with Crippen molar-refractivity contribution in [1.29, 1.82) is 0 Å². The van der Waals surface area contributed by atoms with E-state index in [9.17, 15) is 0 Å². The molecule has 0 rings (SSSR count). The van der Waals surface area contributed by atoms with Crippen molar-refractivity contribution in [2.75, 3.05) is 6.61 Å². The highest BCUT2D eigenvalue weighted by molar-refractivity contribution is 4.44. The molecule has 0 aliphatic heterocycles. The van der Waals surface area contributed by atoms with E-state index in [0.717, 1.165) is 13.0 Å². The Kier molecular flexibility index (Phi) is 7.04. The van der Waals surface area contributed by atoms with Gasteiger partial charge in [0, 0.05) is 6.61 Å². The second-order valence-electron chi connectivity index (χ2n) is 2.80. The lowest BCUT2D eigenvalue weighted by Crippen LogP contribution is -2.07. The predicted molar refractivity (Wildman–Crippen MR) is 45.2 cm³/mol. The van der Waals surface area contributed by atoms with Crippen molar-refractivity contribution in [3.63, 3.8) is 0 Å². The number of unbranched alkanes of at least 4 members (excludes halogenated alkanes) is 2. The minimum absolute atomic E-state index is 0.455. The first-order valence-electron chi connectivity index (χ1n) is 4.42. The number of hydrogen-bond acceptors (Lipinski definition) is 1. The molecule has 0 saturated carbocycles. The average molecular weight is 144 g/mol. The maximum Gasteiger partial charge on any atom is 0.0544 e. The Balaban J connectivity index is 2.89. The highest BCUT2D eigenvalue weighted by Gasteiger charge is 1.95. The maximum atomic E-state index is 5.49. The van der Waals surface area contributed by atoms with Gasteiger partial charge in [-0.05, 0) is 19.8 Å². The molecule has 0 unspecified atom stereocenters. The van der Waals surface area contributed by atoms with Gasteiger partial charge in [-0.15, -0.1) is 0 Å². The van der Waals surface area contributed by atoms with Crippen molar-refractivity contribution in [1.82, 2.24) is 0 Å². The Bertz CT molecular complexity index is 61.7. The summed E-state index contributed by atoms with van der Waals surface area (Å²) in [5.74, 6) is 0. The fourth-order valence-corrected chi connectivity index (χ4v) is 0.754. The standard InChI is InChI=1S/C9H20O/c1-4-6-7-8-10-9(3)5-2/h9H,4-8H2,1-3H3/t9-/m1/s1. The minimum atomic E-state index is 0.455. The molecule has 0 bridgehead atoms. The summed E-state index contributed by atoms with van der Waals surface area (Å²) in [6.45, 7) is 7.45. The van der Waals surface area contributed by atoms with E-state index in [4.69, 9.17) is 4.74 Å². The molecule has 0 heterocycles. The molecule has 0 aliphatic rings. The van der Waals surface area contributed by atoms with E-state index in [2.05, 4.69) is 20.8 Å². The van der Waals surface area contributed by atoms with Gasteiger partial charge >= 0.3 is 0 Å². The Hall–Kier alpha value is -0.0400. The third-order valence-corrected chi connectivity index (χ3v) is 1.73. The predicted octanol–water partition coefficient (Wildman–Crippen LogP) is 2.99. The number of rotatable bonds is 6. The van der Waals surface area contributed by atoms with E-state index in [1.165, 1.54) is 19.3 Å². The summed E-state index contributed by atoms with van der Waals surface area (Å²) in [5, 5.41) is 0. The second kappa shape index (κ2) is 7.07. The zero-order valence-corrected chi connectivity index (χ0v) is 7.52. The third-order valence-electron chi connectivity index (χ3n) is 1.73. The van der Waals surface area contributed by atoms with Crippen LogP contribution in [0.2, 0.25) is 0 Å². The molecule has 0 saturated heterocycles. The van der Waals surface area contributed by atoms with Crippen LogP contribution >= 0.6 is 0 Å². The lowest BCUT2D eigenvalue weighted by molar-refractivity contribution is 0.0610. The molecule has 0 amide bonds. The molecule has 0 N–H and O–H groups in total. The van der Waals surface area contributed by atoms with Gasteiger partial charge in [0.1, 0.15) is 0 Å². The summed E-state index contributed by atoms with van der Waals surface area (Å²) < 4.78 is 5.49. The van der Waals surface area contributed by atoms with Crippen LogP contribution in [0.3, 0.4) is 0 Å². The van der Waals surface area contributed by atoms with Crippen LogP contribution in [-0.2, 0) is 4.74 Å². The minimum Gasteiger partial charge on any atom is -0.379 e. The van der Waals surface area contributed by atoms with Gasteiger partial charge in [0.15, 0.2) is 0 Å². The Morgan fingerprint density at radius 1 is 1.20 bits per heavy atom. The average Bonchev–Trinajstić information content (AvgIpc) is 1.98. The molecule has 0 aliphatic carbocycles. The van der Waals surface area contributed by atoms with Crippen LogP contribution in [0.5, 0.6) is 0 Å². The molecular weight excluding hydrogens is 124 g/mol. The molecule has 0 fully saturated rings. The van der Waals surface area contributed by atoms with Crippen molar-refractivity contribution >= 4 is 0 Å². The van der Waals surface area contributed by atoms with Crippen molar-refractivity contribution in [2.24, 2.45) is 0 Å². The highest BCUT2D eigenvalue weighted by Crippen LogP contribution is 1.99. The fourth-order valence-electron chi connectivity index (χ4n) is 0.754. The van der Waals surface area contributed by atoms with Gasteiger partial charge < -0.3 is 4.74 Å². The first kappa shape index (κ1) is 9.96. The first-order chi connectivity index (χ1) is 4.81. The molecule has 62 valence electrons. The van der Waals surface area contributed by atoms with Gasteiger partial charge in [0.2, 0.25) is 0 Å². The molecular formula is C9H20O. The summed E-state index contributed by atoms with van der Waals surface area (Å²) in [6, 6.07) is 0. The summed E-state index contributed by atoms with van der Waals surface area (Å²) >= 11 is 0. The lowest BCUT2D eigenvalue weighted by atomic mass is 10.2. The van der Waals surface area contributed by atoms with Gasteiger partial charge in [-0.25, -0.2) is 0 Å². The smallest absolute Gasteiger partial charge is 0.0544 e. The molecule has 1 atom stereocenters. The summed E-state index contributed by atoms with van der Waals surface area (Å²) in [4.78, 5) is 0. The normalized spacial score (nSPS) is 13.5. The van der Waals surface area contributed by atoms with Gasteiger partial charge in [-0.3, -0.25) is 0 Å². The number of hydrogen-bond donors (Lipinski definition) is 0. The summed E-state index contributed by atoms with van der Waals surface area (Å²) in [7, 11) is 0. The molecule has 0 aromatic carbocycles. The van der Waals surface area contributed by atoms with Gasteiger partial charge in [-0.2, -0.15) is 0 Å². The van der Waals surface area contributed by atoms with E-state index in [0.29, 0.717) is 6.10 Å². The van der Waals surface area contributed by atoms with E-state index in [-0.39, 0.29) is 0 Å². The Morgan fingerprint density at radius 2 is 1.90 bits per heavy atom. The second-order valence-corrected chi connectivity index (χ2v) is 2.80. The highest BCUT2D eigenvalue weighted by atomic mass is 16.5. The zero-order chi connectivity index (χ0) is 7.82. The third kappa shape index (κ3) is 6.09. The van der Waals surface area contributed by atoms with E-state index >= 15 is 0 Å². The van der Waals surface area contributed by atoms with Crippen molar-refractivity contribution < 1.29 is 4.74 Å². The number of ether oxygens (including phenoxy) is 1. The van der Waals surface area contributed by atoms with Crippen LogP contribution in [0.1, 0.15) is 46.5 Å². The molecule has 1 nitrogen and oxygen atoms in total. The van der Waals surface area contributed by atoms with E-state index < -0.39 is 0 Å². The zero-order valence-electron chi connectivity index (χ0n) is 7.52. The SMILES string of the molecule is CCCCCO[C@H](C)CC. The quantitative estimate of drug-likeness (QED) is 0.521. The topological polar surface area (TPSA) is 9.23 Å². The van der Waals surface area contributed by atoms with Crippen LogP contribution in [0, 0.1) is 0 Å². The molecule has 0 radical (unpaired) electrons. The summed E-state index contributed by atoms with van der Waals surface area (Å²) in [5.41, 5.74) is 0. The van der Waals surface area contributed by atoms with E-state index in [1.807, 2.05) is 0 Å². The Labute approximate surface area is 64.8 Å². The van der Waals surface area contributed by atoms with Crippen LogP contribution in [-0.4, -0.2) is 12.7 Å². The van der Waals surface area contributed by atoms with Crippen molar-refractivity contribution in [3.8, 4) is 0 Å². The molecule has 0 aromatic heterocycles. The van der Waals surface area contributed by atoms with E-state index in [1.54, 1.807) is 0 Å². The molecule has 1 heteroatoms. The lowest BCUT2D eigenvalue weighted by Gasteiger charge is -2.09. The maximum absolute atomic E-state index is 5.49. The largest absolute Gasteiger partial charge is 0.379 e. The first-order valence-corrected chi connectivity index (χ1v) is 4.42. The van der Waals surface area contributed by atoms with Crippen LogP contribution < -0.4 is 0 Å². The van der Waals surface area contributed by atoms with Crippen LogP contribution in [0.25, 0.3) is 0 Å². The van der Waals surface area contributed by atoms with Gasteiger partial charge in [0.25, 0.3) is 0 Å². The monoisotopic (exact) mass is 144 g/mol. The Morgan fingerprint density at radius 3 is 2.40 bits per heavy atom. The van der Waals surface area contributed by atoms with Crippen molar-refractivity contribution in [3.05, 3.63) is 0 Å². The van der Waals surface area contributed by atoms with Gasteiger partial charge in [-0.1, -0.05) is 26.7 Å². The van der Waals surface area contributed by atoms with Crippen LogP contribution in [0.15, 0.2) is 0 Å². The summed E-state index contributed by atoms with van der Waals surface area (Å²) in [6.07, 6.45) is 5.39. The molecule has 0 spiro atoms. The fraction of sp³-hybridized carbons (Fsp3) is 1.00. The molecule has 0 aromatic rings. The molecule has 10 heavy (non-hydrogen) atoms. The van der Waals surface area contributed by atoms with Gasteiger partial charge in [0.05, 0.1) is 6.10 Å². The van der Waals surface area contributed by atoms with Crippen molar-refractivity contribution in [2.45, 2.75) is 52.6 Å².